The Balaban J connectivity index is 4.00. The molecule has 0 radical (unpaired) electrons. The lowest BCUT2D eigenvalue weighted by molar-refractivity contribution is -0.206. The first-order valence-corrected chi connectivity index (χ1v) is 15.2. The summed E-state index contributed by atoms with van der Waals surface area (Å²) in [6.45, 7) is 23.1. The van der Waals surface area contributed by atoms with Crippen LogP contribution in [-0.2, 0) is 18.9 Å². The highest BCUT2D eigenvalue weighted by Crippen LogP contribution is 2.19. The molecule has 176 valence electrons. The Morgan fingerprint density at radius 3 is 1.10 bits per heavy atom. The maximum Gasteiger partial charge on any atom is 0.142 e. The molecule has 0 unspecified atom stereocenters. The molecule has 0 atom stereocenters. The van der Waals surface area contributed by atoms with Crippen molar-refractivity contribution in [2.45, 2.75) is 129 Å². The molecule has 0 aromatic carbocycles. The number of hydrogen-bond acceptors (Lipinski definition) is 5. The third-order valence-corrected chi connectivity index (χ3v) is 8.60. The molecule has 5 nitrogen and oxygen atoms in total. The van der Waals surface area contributed by atoms with Crippen LogP contribution in [0.25, 0.3) is 0 Å². The van der Waals surface area contributed by atoms with Crippen LogP contribution < -0.4 is 5.32 Å². The maximum absolute atomic E-state index is 6.09. The van der Waals surface area contributed by atoms with Gasteiger partial charge in [0.1, 0.15) is 10.8 Å². The Kier molecular flexibility index (Phi) is 15.2. The fourth-order valence-electron chi connectivity index (χ4n) is 3.80. The van der Waals surface area contributed by atoms with Gasteiger partial charge in [0.25, 0.3) is 0 Å². The fourth-order valence-corrected chi connectivity index (χ4v) is 7.89. The molecule has 0 aromatic rings. The molecule has 0 saturated heterocycles. The van der Waals surface area contributed by atoms with Crippen molar-refractivity contribution in [3.05, 3.63) is 0 Å². The summed E-state index contributed by atoms with van der Waals surface area (Å²) in [7, 11) is -0.904. The molecule has 0 amide bonds. The van der Waals surface area contributed by atoms with E-state index in [1.54, 1.807) is 0 Å². The van der Waals surface area contributed by atoms with Crippen molar-refractivity contribution in [2.24, 2.45) is 0 Å². The minimum absolute atomic E-state index is 0.207. The lowest BCUT2D eigenvalue weighted by atomic mass is 10.4. The van der Waals surface area contributed by atoms with Crippen molar-refractivity contribution in [3.63, 3.8) is 0 Å². The average molecular weight is 450 g/mol. The van der Waals surface area contributed by atoms with Crippen LogP contribution in [0.2, 0.25) is 12.1 Å². The zero-order valence-corrected chi connectivity index (χ0v) is 23.9. The van der Waals surface area contributed by atoms with Gasteiger partial charge in [-0.3, -0.25) is 0 Å². The van der Waals surface area contributed by atoms with Gasteiger partial charge >= 0.3 is 0 Å². The summed E-state index contributed by atoms with van der Waals surface area (Å²) < 4.78 is 24.4. The van der Waals surface area contributed by atoms with E-state index in [-0.39, 0.29) is 35.2 Å². The minimum Gasteiger partial charge on any atom is -0.352 e. The molecule has 0 heterocycles. The largest absolute Gasteiger partial charge is 0.352 e. The minimum atomic E-state index is -0.452. The van der Waals surface area contributed by atoms with Gasteiger partial charge in [-0.05, 0) is 95.2 Å². The molecule has 0 aliphatic carbocycles. The standard InChI is InChI=1S/C22H51NO4Si2/c1-17(2)24-21(9,25-18(3)4)28-15-11-13-23-14-12-16-29-22(10,26-19(5)6)27-20(7)8/h17-20,23H,11-16,28-29H2,1-10H3. The first-order valence-electron chi connectivity index (χ1n) is 11.8. The van der Waals surface area contributed by atoms with Crippen LogP contribution in [0.15, 0.2) is 0 Å². The molecule has 1 N–H and O–H groups in total. The van der Waals surface area contributed by atoms with E-state index >= 15 is 0 Å². The van der Waals surface area contributed by atoms with Gasteiger partial charge in [0, 0.05) is 0 Å². The molecule has 0 rings (SSSR count). The zero-order chi connectivity index (χ0) is 22.5. The van der Waals surface area contributed by atoms with Crippen LogP contribution in [0.1, 0.15) is 82.1 Å². The smallest absolute Gasteiger partial charge is 0.142 e. The fraction of sp³-hybridized carbons (Fsp3) is 1.00. The highest BCUT2D eigenvalue weighted by atomic mass is 28.2. The van der Waals surface area contributed by atoms with Crippen LogP contribution in [0.3, 0.4) is 0 Å². The van der Waals surface area contributed by atoms with Gasteiger partial charge in [0.15, 0.2) is 0 Å². The summed E-state index contributed by atoms with van der Waals surface area (Å²) in [6.07, 6.45) is 3.23. The van der Waals surface area contributed by atoms with Crippen molar-refractivity contribution in [1.29, 1.82) is 0 Å². The van der Waals surface area contributed by atoms with Gasteiger partial charge in [-0.15, -0.1) is 0 Å². The molecule has 0 spiro atoms. The van der Waals surface area contributed by atoms with E-state index in [0.717, 1.165) is 13.1 Å². The third kappa shape index (κ3) is 16.6. The number of hydrogen-bond donors (Lipinski definition) is 1. The molecule has 29 heavy (non-hydrogen) atoms. The number of nitrogens with one attached hydrogen (secondary N) is 1. The second-order valence-corrected chi connectivity index (χ2v) is 14.6. The van der Waals surface area contributed by atoms with Gasteiger partial charge in [-0.25, -0.2) is 0 Å². The summed E-state index contributed by atoms with van der Waals surface area (Å²) in [5.74, 6) is 0. The average Bonchev–Trinajstić information content (AvgIpc) is 2.49. The van der Waals surface area contributed by atoms with Crippen LogP contribution >= 0.6 is 0 Å². The highest BCUT2D eigenvalue weighted by Gasteiger charge is 2.29. The van der Waals surface area contributed by atoms with Gasteiger partial charge < -0.3 is 24.3 Å². The van der Waals surface area contributed by atoms with Crippen LogP contribution in [0.5, 0.6) is 0 Å². The summed E-state index contributed by atoms with van der Waals surface area (Å²) in [5, 5.41) is 3.60. The van der Waals surface area contributed by atoms with Crippen molar-refractivity contribution < 1.29 is 18.9 Å². The predicted molar refractivity (Wildman–Crippen MR) is 130 cm³/mol. The molecule has 7 heteroatoms. The normalized spacial score (nSPS) is 14.3. The summed E-state index contributed by atoms with van der Waals surface area (Å²) in [5.41, 5.74) is -0.684. The Morgan fingerprint density at radius 1 is 0.586 bits per heavy atom. The number of ether oxygens (including phenoxy) is 4. The Bertz CT molecular complexity index is 350. The Hall–Kier alpha value is 0.234. The van der Waals surface area contributed by atoms with Gasteiger partial charge in [0.2, 0.25) is 0 Å². The lowest BCUT2D eigenvalue weighted by Crippen LogP contribution is -2.43. The van der Waals surface area contributed by atoms with Crippen molar-refractivity contribution in [3.8, 4) is 0 Å². The van der Waals surface area contributed by atoms with Crippen LogP contribution in [0, 0.1) is 0 Å². The Labute approximate surface area is 186 Å². The van der Waals surface area contributed by atoms with Crippen LogP contribution in [-0.4, -0.2) is 67.4 Å². The molecule has 0 saturated carbocycles. The monoisotopic (exact) mass is 449 g/mol. The maximum atomic E-state index is 6.09. The van der Waals surface area contributed by atoms with E-state index in [9.17, 15) is 0 Å². The van der Waals surface area contributed by atoms with Gasteiger partial charge in [0.05, 0.1) is 43.5 Å². The second-order valence-electron chi connectivity index (χ2n) is 9.60. The number of rotatable bonds is 18. The molecule has 0 bridgehead atoms. The molecular formula is C22H51NO4Si2. The van der Waals surface area contributed by atoms with Crippen LogP contribution in [0.4, 0.5) is 0 Å². The van der Waals surface area contributed by atoms with Crippen molar-refractivity contribution in [2.75, 3.05) is 13.1 Å². The predicted octanol–water partition coefficient (Wildman–Crippen LogP) is 3.58. The van der Waals surface area contributed by atoms with E-state index < -0.39 is 19.0 Å². The summed E-state index contributed by atoms with van der Waals surface area (Å²) in [6, 6.07) is 2.47. The molecule has 0 aromatic heterocycles. The first kappa shape index (κ1) is 29.2. The molecule has 0 aliphatic heterocycles. The third-order valence-electron chi connectivity index (χ3n) is 4.41. The Morgan fingerprint density at radius 2 is 0.862 bits per heavy atom. The van der Waals surface area contributed by atoms with Crippen molar-refractivity contribution in [1.82, 2.24) is 5.32 Å². The molecule has 0 aliphatic rings. The highest BCUT2D eigenvalue weighted by molar-refractivity contribution is 6.39. The SMILES string of the molecule is CC(C)OC(C)(OC(C)C)[SiH2]CCCNCCC[SiH2]C(C)(OC(C)C)OC(C)C. The quantitative estimate of drug-likeness (QED) is 0.197. The van der Waals surface area contributed by atoms with Gasteiger partial charge in [-0.2, -0.15) is 0 Å². The van der Waals surface area contributed by atoms with Gasteiger partial charge in [-0.1, -0.05) is 12.1 Å². The lowest BCUT2D eigenvalue weighted by Gasteiger charge is -2.34. The molecule has 0 fully saturated rings. The first-order chi connectivity index (χ1) is 13.4. The van der Waals surface area contributed by atoms with E-state index in [1.165, 1.54) is 24.9 Å². The van der Waals surface area contributed by atoms with E-state index in [2.05, 4.69) is 74.6 Å². The van der Waals surface area contributed by atoms with E-state index in [4.69, 9.17) is 18.9 Å². The molecular weight excluding hydrogens is 398 g/mol. The zero-order valence-electron chi connectivity index (χ0n) is 21.1. The summed E-state index contributed by atoms with van der Waals surface area (Å²) >= 11 is 0. The van der Waals surface area contributed by atoms with Crippen molar-refractivity contribution >= 4 is 19.0 Å². The second kappa shape index (κ2) is 15.1. The van der Waals surface area contributed by atoms with E-state index in [1.807, 2.05) is 0 Å². The topological polar surface area (TPSA) is 49.0 Å². The summed E-state index contributed by atoms with van der Waals surface area (Å²) in [4.78, 5) is 0. The van der Waals surface area contributed by atoms with E-state index in [0.29, 0.717) is 0 Å².